The quantitative estimate of drug-likeness (QED) is 0.490. The molecule has 0 aromatic heterocycles. The minimum atomic E-state index is 0. The van der Waals surface area contributed by atoms with E-state index in [-0.39, 0.29) is 24.0 Å². The third kappa shape index (κ3) is 7.79. The summed E-state index contributed by atoms with van der Waals surface area (Å²) in [5.74, 6) is 0.513. The van der Waals surface area contributed by atoms with Gasteiger partial charge in [-0.2, -0.15) is 0 Å². The number of aliphatic imine (C=N–C) groups is 1. The number of rotatable bonds is 5. The number of hydrogen-bond acceptors (Lipinski definition) is 1. The van der Waals surface area contributed by atoms with Crippen LogP contribution in [0.25, 0.3) is 6.08 Å². The molecule has 0 bridgehead atoms. The number of benzene rings is 1. The number of guanidine groups is 1. The molecule has 0 amide bonds. The number of nitrogens with zero attached hydrogens (tertiary/aromatic N) is 1. The maximum absolute atomic E-state index is 5.64. The van der Waals surface area contributed by atoms with Crippen LogP contribution in [0.15, 0.2) is 41.4 Å². The summed E-state index contributed by atoms with van der Waals surface area (Å²) in [7, 11) is 0. The SMILES string of the molecule is CCCNC(N)=NCC=Cc1ccccc1.I. The standard InChI is InChI=1S/C13H19N3.HI/c1-2-10-15-13(14)16-11-6-9-12-7-4-3-5-8-12;/h3-9H,2,10-11H2,1H3,(H3,14,15,16);1H. The minimum absolute atomic E-state index is 0. The van der Waals surface area contributed by atoms with Crippen molar-refractivity contribution in [2.24, 2.45) is 10.7 Å². The molecule has 3 nitrogen and oxygen atoms in total. The van der Waals surface area contributed by atoms with Crippen molar-refractivity contribution in [3.05, 3.63) is 42.0 Å². The lowest BCUT2D eigenvalue weighted by Gasteiger charge is -2.01. The van der Waals surface area contributed by atoms with Crippen LogP contribution in [0.3, 0.4) is 0 Å². The van der Waals surface area contributed by atoms with Crippen LogP contribution in [0.2, 0.25) is 0 Å². The summed E-state index contributed by atoms with van der Waals surface area (Å²) >= 11 is 0. The van der Waals surface area contributed by atoms with Gasteiger partial charge in [0.1, 0.15) is 0 Å². The zero-order chi connectivity index (χ0) is 11.6. The van der Waals surface area contributed by atoms with E-state index in [2.05, 4.69) is 29.4 Å². The zero-order valence-electron chi connectivity index (χ0n) is 10.1. The molecule has 0 aliphatic carbocycles. The van der Waals surface area contributed by atoms with Crippen molar-refractivity contribution in [3.8, 4) is 0 Å². The predicted octanol–water partition coefficient (Wildman–Crippen LogP) is 2.63. The maximum Gasteiger partial charge on any atom is 0.188 e. The molecule has 0 saturated carbocycles. The average Bonchev–Trinajstić information content (AvgIpc) is 2.33. The van der Waals surface area contributed by atoms with Crippen LogP contribution in [0.4, 0.5) is 0 Å². The summed E-state index contributed by atoms with van der Waals surface area (Å²) in [4.78, 5) is 4.17. The lowest BCUT2D eigenvalue weighted by Crippen LogP contribution is -2.32. The molecule has 0 aliphatic rings. The second-order valence-corrected chi connectivity index (χ2v) is 3.47. The molecule has 0 aliphatic heterocycles. The molecule has 0 spiro atoms. The molecular formula is C13H20IN3. The summed E-state index contributed by atoms with van der Waals surface area (Å²) in [6, 6.07) is 10.1. The Hall–Kier alpha value is -1.04. The Kier molecular flexibility index (Phi) is 9.52. The average molecular weight is 345 g/mol. The molecule has 1 rings (SSSR count). The van der Waals surface area contributed by atoms with Gasteiger partial charge in [-0.1, -0.05) is 49.4 Å². The number of hydrogen-bond donors (Lipinski definition) is 2. The number of nitrogens with two attached hydrogens (primary N) is 1. The van der Waals surface area contributed by atoms with Gasteiger partial charge in [0.25, 0.3) is 0 Å². The first-order valence-electron chi connectivity index (χ1n) is 5.58. The monoisotopic (exact) mass is 345 g/mol. The van der Waals surface area contributed by atoms with E-state index in [0.29, 0.717) is 12.5 Å². The van der Waals surface area contributed by atoms with Crippen LogP contribution in [-0.2, 0) is 0 Å². The van der Waals surface area contributed by atoms with Gasteiger partial charge in [-0.15, -0.1) is 24.0 Å². The third-order valence-corrected chi connectivity index (χ3v) is 2.03. The Bertz CT molecular complexity index is 347. The van der Waals surface area contributed by atoms with Gasteiger partial charge in [0.05, 0.1) is 6.54 Å². The lowest BCUT2D eigenvalue weighted by molar-refractivity contribution is 0.830. The molecule has 0 heterocycles. The van der Waals surface area contributed by atoms with Crippen molar-refractivity contribution in [1.29, 1.82) is 0 Å². The Morgan fingerprint density at radius 3 is 2.71 bits per heavy atom. The summed E-state index contributed by atoms with van der Waals surface area (Å²) < 4.78 is 0. The first kappa shape index (κ1) is 16.0. The second kappa shape index (κ2) is 10.1. The highest BCUT2D eigenvalue weighted by atomic mass is 127. The summed E-state index contributed by atoms with van der Waals surface area (Å²) in [5, 5.41) is 3.02. The molecule has 0 unspecified atom stereocenters. The van der Waals surface area contributed by atoms with Crippen LogP contribution >= 0.6 is 24.0 Å². The minimum Gasteiger partial charge on any atom is -0.370 e. The van der Waals surface area contributed by atoms with Crippen molar-refractivity contribution in [2.75, 3.05) is 13.1 Å². The molecule has 94 valence electrons. The van der Waals surface area contributed by atoms with E-state index in [4.69, 9.17) is 5.73 Å². The number of nitrogens with one attached hydrogen (secondary N) is 1. The Morgan fingerprint density at radius 1 is 1.35 bits per heavy atom. The molecule has 0 fully saturated rings. The van der Waals surface area contributed by atoms with Crippen LogP contribution in [0.1, 0.15) is 18.9 Å². The largest absolute Gasteiger partial charge is 0.370 e. The molecule has 0 atom stereocenters. The molecule has 1 aromatic carbocycles. The van der Waals surface area contributed by atoms with E-state index in [1.807, 2.05) is 30.4 Å². The van der Waals surface area contributed by atoms with Crippen molar-refractivity contribution >= 4 is 36.0 Å². The highest BCUT2D eigenvalue weighted by molar-refractivity contribution is 14.0. The fourth-order valence-electron chi connectivity index (χ4n) is 1.21. The first-order valence-corrected chi connectivity index (χ1v) is 5.58. The van der Waals surface area contributed by atoms with Gasteiger partial charge in [-0.05, 0) is 12.0 Å². The van der Waals surface area contributed by atoms with E-state index >= 15 is 0 Å². The van der Waals surface area contributed by atoms with E-state index in [1.165, 1.54) is 5.56 Å². The number of halogens is 1. The van der Waals surface area contributed by atoms with Crippen LogP contribution in [-0.4, -0.2) is 19.0 Å². The highest BCUT2D eigenvalue weighted by Crippen LogP contribution is 2.00. The predicted molar refractivity (Wildman–Crippen MR) is 85.7 cm³/mol. The van der Waals surface area contributed by atoms with Gasteiger partial charge in [0.2, 0.25) is 0 Å². The highest BCUT2D eigenvalue weighted by Gasteiger charge is 1.86. The Labute approximate surface area is 120 Å². The van der Waals surface area contributed by atoms with Crippen molar-refractivity contribution in [2.45, 2.75) is 13.3 Å². The van der Waals surface area contributed by atoms with Crippen molar-refractivity contribution in [3.63, 3.8) is 0 Å². The molecule has 4 heteroatoms. The lowest BCUT2D eigenvalue weighted by atomic mass is 10.2. The molecule has 0 radical (unpaired) electrons. The van der Waals surface area contributed by atoms with Crippen molar-refractivity contribution < 1.29 is 0 Å². The molecular weight excluding hydrogens is 325 g/mol. The maximum atomic E-state index is 5.64. The van der Waals surface area contributed by atoms with E-state index < -0.39 is 0 Å². The Balaban J connectivity index is 0.00000256. The smallest absolute Gasteiger partial charge is 0.188 e. The summed E-state index contributed by atoms with van der Waals surface area (Å²) in [6.07, 6.45) is 5.09. The normalized spacial score (nSPS) is 11.2. The van der Waals surface area contributed by atoms with E-state index in [0.717, 1.165) is 13.0 Å². The topological polar surface area (TPSA) is 50.4 Å². The van der Waals surface area contributed by atoms with Gasteiger partial charge in [-0.25, -0.2) is 4.99 Å². The van der Waals surface area contributed by atoms with Crippen LogP contribution in [0, 0.1) is 0 Å². The zero-order valence-corrected chi connectivity index (χ0v) is 12.4. The van der Waals surface area contributed by atoms with Crippen molar-refractivity contribution in [1.82, 2.24) is 5.32 Å². The molecule has 3 N–H and O–H groups in total. The molecule has 17 heavy (non-hydrogen) atoms. The molecule has 1 aromatic rings. The van der Waals surface area contributed by atoms with E-state index in [1.54, 1.807) is 0 Å². The first-order chi connectivity index (χ1) is 7.83. The van der Waals surface area contributed by atoms with E-state index in [9.17, 15) is 0 Å². The van der Waals surface area contributed by atoms with Gasteiger partial charge in [0, 0.05) is 6.54 Å². The summed E-state index contributed by atoms with van der Waals surface area (Å²) in [6.45, 7) is 3.57. The van der Waals surface area contributed by atoms with Gasteiger partial charge in [-0.3, -0.25) is 0 Å². The third-order valence-electron chi connectivity index (χ3n) is 2.03. The Morgan fingerprint density at radius 2 is 2.06 bits per heavy atom. The van der Waals surface area contributed by atoms with Gasteiger partial charge in [0.15, 0.2) is 5.96 Å². The van der Waals surface area contributed by atoms with Gasteiger partial charge >= 0.3 is 0 Å². The van der Waals surface area contributed by atoms with Crippen LogP contribution in [0.5, 0.6) is 0 Å². The second-order valence-electron chi connectivity index (χ2n) is 3.47. The van der Waals surface area contributed by atoms with Gasteiger partial charge < -0.3 is 11.1 Å². The fraction of sp³-hybridized carbons (Fsp3) is 0.308. The van der Waals surface area contributed by atoms with Crippen LogP contribution < -0.4 is 11.1 Å². The summed E-state index contributed by atoms with van der Waals surface area (Å²) in [5.41, 5.74) is 6.82. The fourth-order valence-corrected chi connectivity index (χ4v) is 1.21. The molecule has 0 saturated heterocycles.